The van der Waals surface area contributed by atoms with Crippen LogP contribution in [0.1, 0.15) is 16.1 Å². The second-order valence-electron chi connectivity index (χ2n) is 6.26. The number of carbonyl (C=O) groups excluding carboxylic acids is 1. The Morgan fingerprint density at radius 1 is 1.10 bits per heavy atom. The summed E-state index contributed by atoms with van der Waals surface area (Å²) in [5.74, 6) is -0.326. The Hall–Kier alpha value is -3.59. The number of amides is 1. The van der Waals surface area contributed by atoms with Gasteiger partial charge in [0.2, 0.25) is 0 Å². The number of rotatable bonds is 6. The van der Waals surface area contributed by atoms with Gasteiger partial charge in [-0.3, -0.25) is 19.1 Å². The summed E-state index contributed by atoms with van der Waals surface area (Å²) in [7, 11) is 0. The van der Waals surface area contributed by atoms with Crippen LogP contribution in [0.3, 0.4) is 0 Å². The van der Waals surface area contributed by atoms with Gasteiger partial charge in [-0.15, -0.1) is 0 Å². The molecule has 146 valence electrons. The van der Waals surface area contributed by atoms with Crippen LogP contribution < -0.4 is 10.9 Å². The Morgan fingerprint density at radius 2 is 1.93 bits per heavy atom. The third-order valence-electron chi connectivity index (χ3n) is 4.29. The zero-order chi connectivity index (χ0) is 20.2. The molecule has 4 aromatic rings. The second kappa shape index (κ2) is 8.19. The predicted octanol–water partition coefficient (Wildman–Crippen LogP) is 1.51. The van der Waals surface area contributed by atoms with E-state index in [1.807, 2.05) is 12.1 Å². The van der Waals surface area contributed by atoms with Crippen molar-refractivity contribution in [3.05, 3.63) is 82.0 Å². The summed E-state index contributed by atoms with van der Waals surface area (Å²) >= 11 is 5.90. The number of halogens is 1. The Balaban J connectivity index is 1.46. The van der Waals surface area contributed by atoms with Gasteiger partial charge in [-0.25, -0.2) is 14.6 Å². The maximum atomic E-state index is 12.7. The SMILES string of the molecule is O=C(NCCn1ncc2c(=O)n(Cc3ccc(Cl)cc3)cnc21)c1cnccn1. The van der Waals surface area contributed by atoms with E-state index in [9.17, 15) is 9.59 Å². The van der Waals surface area contributed by atoms with Crippen molar-refractivity contribution in [1.82, 2.24) is 34.6 Å². The van der Waals surface area contributed by atoms with Crippen molar-refractivity contribution >= 4 is 28.5 Å². The highest BCUT2D eigenvalue weighted by atomic mass is 35.5. The minimum Gasteiger partial charge on any atom is -0.349 e. The van der Waals surface area contributed by atoms with E-state index >= 15 is 0 Å². The topological polar surface area (TPSA) is 108 Å². The molecule has 1 aromatic carbocycles. The maximum Gasteiger partial charge on any atom is 0.271 e. The summed E-state index contributed by atoms with van der Waals surface area (Å²) in [4.78, 5) is 36.9. The lowest BCUT2D eigenvalue weighted by atomic mass is 10.2. The molecule has 0 saturated heterocycles. The molecule has 0 aliphatic carbocycles. The standard InChI is InChI=1S/C19H16ClN7O2/c20-14-3-1-13(2-4-14)11-26-12-24-17-15(19(26)29)9-25-27(17)8-7-23-18(28)16-10-21-5-6-22-16/h1-6,9-10,12H,7-8,11H2,(H,23,28). The van der Waals surface area contributed by atoms with E-state index in [1.165, 1.54) is 35.7 Å². The number of nitrogens with zero attached hydrogens (tertiary/aromatic N) is 6. The third kappa shape index (κ3) is 4.14. The molecule has 0 aliphatic rings. The largest absolute Gasteiger partial charge is 0.349 e. The Labute approximate surface area is 170 Å². The predicted molar refractivity (Wildman–Crippen MR) is 107 cm³/mol. The summed E-state index contributed by atoms with van der Waals surface area (Å²) in [6.45, 7) is 1.06. The number of hydrogen-bond donors (Lipinski definition) is 1. The van der Waals surface area contributed by atoms with Gasteiger partial charge in [-0.2, -0.15) is 5.10 Å². The van der Waals surface area contributed by atoms with Crippen molar-refractivity contribution in [2.24, 2.45) is 0 Å². The molecule has 0 aliphatic heterocycles. The van der Waals surface area contributed by atoms with Gasteiger partial charge in [-0.05, 0) is 17.7 Å². The summed E-state index contributed by atoms with van der Waals surface area (Å²) < 4.78 is 3.10. The lowest BCUT2D eigenvalue weighted by Gasteiger charge is -2.07. The molecule has 4 rings (SSSR count). The van der Waals surface area contributed by atoms with E-state index in [1.54, 1.807) is 16.8 Å². The molecule has 0 bridgehead atoms. The van der Waals surface area contributed by atoms with E-state index < -0.39 is 0 Å². The van der Waals surface area contributed by atoms with E-state index in [4.69, 9.17) is 11.6 Å². The molecule has 3 aromatic heterocycles. The van der Waals surface area contributed by atoms with E-state index in [2.05, 4.69) is 25.4 Å². The molecular formula is C19H16ClN7O2. The van der Waals surface area contributed by atoms with E-state index in [0.717, 1.165) is 5.56 Å². The van der Waals surface area contributed by atoms with E-state index in [-0.39, 0.29) is 17.2 Å². The minimum absolute atomic E-state index is 0.181. The molecule has 1 amide bonds. The fourth-order valence-electron chi connectivity index (χ4n) is 2.84. The summed E-state index contributed by atoms with van der Waals surface area (Å²) in [5.41, 5.74) is 1.47. The van der Waals surface area contributed by atoms with Crippen LogP contribution >= 0.6 is 11.6 Å². The molecule has 0 unspecified atom stereocenters. The van der Waals surface area contributed by atoms with Gasteiger partial charge >= 0.3 is 0 Å². The number of carbonyl (C=O) groups is 1. The number of nitrogens with one attached hydrogen (secondary N) is 1. The number of hydrogen-bond acceptors (Lipinski definition) is 6. The van der Waals surface area contributed by atoms with Gasteiger partial charge in [0.1, 0.15) is 17.4 Å². The molecule has 29 heavy (non-hydrogen) atoms. The Bertz CT molecular complexity index is 1200. The number of aromatic nitrogens is 6. The van der Waals surface area contributed by atoms with Gasteiger partial charge in [0, 0.05) is 24.0 Å². The highest BCUT2D eigenvalue weighted by Gasteiger charge is 2.11. The zero-order valence-corrected chi connectivity index (χ0v) is 16.0. The maximum absolute atomic E-state index is 12.7. The lowest BCUT2D eigenvalue weighted by molar-refractivity contribution is 0.0946. The molecule has 0 atom stereocenters. The zero-order valence-electron chi connectivity index (χ0n) is 15.2. The molecule has 0 spiro atoms. The van der Waals surface area contributed by atoms with Crippen LogP contribution in [0.15, 0.2) is 60.2 Å². The average molecular weight is 410 g/mol. The van der Waals surface area contributed by atoms with Crippen molar-refractivity contribution in [1.29, 1.82) is 0 Å². The van der Waals surface area contributed by atoms with Crippen molar-refractivity contribution in [3.8, 4) is 0 Å². The molecule has 9 nitrogen and oxygen atoms in total. The third-order valence-corrected chi connectivity index (χ3v) is 4.55. The highest BCUT2D eigenvalue weighted by molar-refractivity contribution is 6.30. The number of fused-ring (bicyclic) bond motifs is 1. The molecule has 0 fully saturated rings. The summed E-state index contributed by atoms with van der Waals surface area (Å²) in [6, 6.07) is 7.28. The van der Waals surface area contributed by atoms with Crippen LogP contribution in [0.2, 0.25) is 5.02 Å². The first-order valence-corrected chi connectivity index (χ1v) is 9.19. The van der Waals surface area contributed by atoms with Crippen LogP contribution in [-0.4, -0.2) is 41.8 Å². The quantitative estimate of drug-likeness (QED) is 0.517. The van der Waals surface area contributed by atoms with Gasteiger partial charge in [-0.1, -0.05) is 23.7 Å². The van der Waals surface area contributed by atoms with Gasteiger partial charge < -0.3 is 5.32 Å². The first kappa shape index (κ1) is 18.8. The normalized spacial score (nSPS) is 10.9. The highest BCUT2D eigenvalue weighted by Crippen LogP contribution is 2.11. The Morgan fingerprint density at radius 3 is 2.69 bits per heavy atom. The van der Waals surface area contributed by atoms with Crippen LogP contribution in [0.4, 0.5) is 0 Å². The molecule has 10 heteroatoms. The van der Waals surface area contributed by atoms with Crippen LogP contribution in [-0.2, 0) is 13.1 Å². The first-order valence-electron chi connectivity index (χ1n) is 8.81. The van der Waals surface area contributed by atoms with Crippen LogP contribution in [0.5, 0.6) is 0 Å². The van der Waals surface area contributed by atoms with Gasteiger partial charge in [0.05, 0.1) is 25.5 Å². The van der Waals surface area contributed by atoms with Gasteiger partial charge in [0.15, 0.2) is 5.65 Å². The fraction of sp³-hybridized carbons (Fsp3) is 0.158. The monoisotopic (exact) mass is 409 g/mol. The van der Waals surface area contributed by atoms with Crippen LogP contribution in [0.25, 0.3) is 11.0 Å². The lowest BCUT2D eigenvalue weighted by Crippen LogP contribution is -2.28. The van der Waals surface area contributed by atoms with E-state index in [0.29, 0.717) is 35.7 Å². The van der Waals surface area contributed by atoms with Crippen LogP contribution in [0, 0.1) is 0 Å². The number of benzene rings is 1. The molecule has 1 N–H and O–H groups in total. The molecular weight excluding hydrogens is 394 g/mol. The molecule has 0 radical (unpaired) electrons. The second-order valence-corrected chi connectivity index (χ2v) is 6.69. The molecule has 0 saturated carbocycles. The first-order chi connectivity index (χ1) is 14.1. The molecule has 3 heterocycles. The van der Waals surface area contributed by atoms with Crippen molar-refractivity contribution in [3.63, 3.8) is 0 Å². The summed E-state index contributed by atoms with van der Waals surface area (Å²) in [5, 5.41) is 8.03. The van der Waals surface area contributed by atoms with Crippen molar-refractivity contribution in [2.45, 2.75) is 13.1 Å². The smallest absolute Gasteiger partial charge is 0.271 e. The van der Waals surface area contributed by atoms with Crippen molar-refractivity contribution in [2.75, 3.05) is 6.54 Å². The fourth-order valence-corrected chi connectivity index (χ4v) is 2.97. The van der Waals surface area contributed by atoms with Crippen molar-refractivity contribution < 1.29 is 4.79 Å². The minimum atomic E-state index is -0.326. The average Bonchev–Trinajstić information content (AvgIpc) is 3.16. The Kier molecular flexibility index (Phi) is 5.30. The van der Waals surface area contributed by atoms with Gasteiger partial charge in [0.25, 0.3) is 11.5 Å². The summed E-state index contributed by atoms with van der Waals surface area (Å²) in [6.07, 6.45) is 7.33.